The van der Waals surface area contributed by atoms with Crippen LogP contribution in [0, 0.1) is 0 Å². The van der Waals surface area contributed by atoms with E-state index in [-0.39, 0.29) is 17.3 Å². The number of amides is 1. The molecule has 0 radical (unpaired) electrons. The smallest absolute Gasteiger partial charge is 0.286 e. The van der Waals surface area contributed by atoms with E-state index in [2.05, 4.69) is 15.0 Å². The second kappa shape index (κ2) is 7.95. The molecule has 2 N–H and O–H groups in total. The van der Waals surface area contributed by atoms with Gasteiger partial charge in [0.05, 0.1) is 18.3 Å². The Balaban J connectivity index is 1.49. The molecular weight excluding hydrogens is 435 g/mol. The molecule has 1 amide bonds. The van der Waals surface area contributed by atoms with Gasteiger partial charge in [0.25, 0.3) is 10.0 Å². The number of para-hydroxylation sites is 1. The number of halogens is 2. The van der Waals surface area contributed by atoms with Crippen molar-refractivity contribution in [3.8, 4) is 0 Å². The third kappa shape index (κ3) is 4.40. The summed E-state index contributed by atoms with van der Waals surface area (Å²) >= 11 is 12.0. The van der Waals surface area contributed by atoms with Gasteiger partial charge in [-0.25, -0.2) is 0 Å². The molecule has 0 aliphatic carbocycles. The summed E-state index contributed by atoms with van der Waals surface area (Å²) in [7, 11) is -3.76. The first-order valence-electron chi connectivity index (χ1n) is 9.03. The van der Waals surface area contributed by atoms with Crippen LogP contribution >= 0.6 is 23.2 Å². The summed E-state index contributed by atoms with van der Waals surface area (Å²) in [6.07, 6.45) is 1.49. The standard InChI is InChI=1S/C19H18Cl2N4O3S/c20-12-8-13(21)10-14(9-12)22-19(26)16-5-3-7-25(16)11-18-23-15-4-1-2-6-17(15)29(27,28)24-18/h1-2,4,6,8-10,16H,3,5,7,11H2,(H,22,26)(H,23,24). The monoisotopic (exact) mass is 452 g/mol. The van der Waals surface area contributed by atoms with E-state index in [1.165, 1.54) is 6.07 Å². The average Bonchev–Trinajstić information content (AvgIpc) is 3.08. The number of carbonyl (C=O) groups is 1. The van der Waals surface area contributed by atoms with E-state index in [0.29, 0.717) is 40.2 Å². The molecule has 4 rings (SSSR count). The van der Waals surface area contributed by atoms with Crippen LogP contribution < -0.4 is 10.6 Å². The number of likely N-dealkylation sites (tertiary alicyclic amines) is 1. The molecule has 2 aromatic rings. The van der Waals surface area contributed by atoms with E-state index in [9.17, 15) is 13.2 Å². The first-order chi connectivity index (χ1) is 13.8. The van der Waals surface area contributed by atoms with Crippen LogP contribution in [-0.4, -0.2) is 44.2 Å². The second-order valence-corrected chi connectivity index (χ2v) is 9.36. The van der Waals surface area contributed by atoms with Crippen molar-refractivity contribution in [2.45, 2.75) is 23.8 Å². The fraction of sp³-hybridized carbons (Fsp3) is 0.263. The van der Waals surface area contributed by atoms with Crippen molar-refractivity contribution in [1.82, 2.24) is 4.90 Å². The number of nitrogens with one attached hydrogen (secondary N) is 2. The Morgan fingerprint density at radius 1 is 1.21 bits per heavy atom. The highest BCUT2D eigenvalue weighted by Gasteiger charge is 2.33. The molecule has 0 aromatic heterocycles. The first-order valence-corrected chi connectivity index (χ1v) is 11.2. The van der Waals surface area contributed by atoms with E-state index >= 15 is 0 Å². The van der Waals surface area contributed by atoms with E-state index in [1.807, 2.05) is 4.90 Å². The molecule has 2 aromatic carbocycles. The SMILES string of the molecule is O=C(Nc1cc(Cl)cc(Cl)c1)C1CCCN1CC1=NS(=O)(=O)c2ccccc2N1. The van der Waals surface area contributed by atoms with E-state index < -0.39 is 16.1 Å². The van der Waals surface area contributed by atoms with Crippen molar-refractivity contribution in [3.05, 3.63) is 52.5 Å². The quantitative estimate of drug-likeness (QED) is 0.738. The summed E-state index contributed by atoms with van der Waals surface area (Å²) < 4.78 is 28.7. The predicted octanol–water partition coefficient (Wildman–Crippen LogP) is 3.61. The Kier molecular flexibility index (Phi) is 5.52. The molecule has 7 nitrogen and oxygen atoms in total. The van der Waals surface area contributed by atoms with E-state index in [4.69, 9.17) is 23.2 Å². The highest BCUT2D eigenvalue weighted by atomic mass is 35.5. The van der Waals surface area contributed by atoms with Gasteiger partial charge in [-0.1, -0.05) is 35.3 Å². The number of benzene rings is 2. The van der Waals surface area contributed by atoms with Gasteiger partial charge in [-0.05, 0) is 49.7 Å². The van der Waals surface area contributed by atoms with Crippen LogP contribution in [0.25, 0.3) is 0 Å². The summed E-state index contributed by atoms with van der Waals surface area (Å²) in [6.45, 7) is 0.888. The van der Waals surface area contributed by atoms with E-state index in [0.717, 1.165) is 6.42 Å². The molecule has 2 aliphatic heterocycles. The molecule has 0 spiro atoms. The number of hydrogen-bond acceptors (Lipinski definition) is 5. The first kappa shape index (κ1) is 20.2. The molecule has 2 heterocycles. The van der Waals surface area contributed by atoms with Crippen LogP contribution in [0.5, 0.6) is 0 Å². The number of nitrogens with zero attached hydrogens (tertiary/aromatic N) is 2. The Morgan fingerprint density at radius 2 is 1.93 bits per heavy atom. The lowest BCUT2D eigenvalue weighted by Crippen LogP contribution is -2.44. The molecule has 1 atom stereocenters. The van der Waals surface area contributed by atoms with Gasteiger partial charge in [0.2, 0.25) is 5.91 Å². The second-order valence-electron chi connectivity index (χ2n) is 6.91. The Labute approximate surface area is 178 Å². The minimum Gasteiger partial charge on any atom is -0.341 e. The normalized spacial score (nSPS) is 20.5. The van der Waals surface area contributed by atoms with Crippen LogP contribution in [0.4, 0.5) is 11.4 Å². The van der Waals surface area contributed by atoms with Crippen molar-refractivity contribution in [2.75, 3.05) is 23.7 Å². The minimum absolute atomic E-state index is 0.150. The zero-order valence-corrected chi connectivity index (χ0v) is 17.6. The molecule has 1 unspecified atom stereocenters. The van der Waals surface area contributed by atoms with Gasteiger partial charge in [-0.15, -0.1) is 4.40 Å². The molecule has 1 saturated heterocycles. The van der Waals surface area contributed by atoms with Gasteiger partial charge in [-0.2, -0.15) is 8.42 Å². The maximum absolute atomic E-state index is 12.8. The highest BCUT2D eigenvalue weighted by Crippen LogP contribution is 2.28. The van der Waals surface area contributed by atoms with Gasteiger partial charge in [0.15, 0.2) is 0 Å². The third-order valence-corrected chi connectivity index (χ3v) is 6.63. The molecule has 0 saturated carbocycles. The van der Waals surface area contributed by atoms with Crippen molar-refractivity contribution >= 4 is 56.3 Å². The van der Waals surface area contributed by atoms with Gasteiger partial charge < -0.3 is 10.6 Å². The summed E-state index contributed by atoms with van der Waals surface area (Å²) in [5, 5.41) is 6.77. The van der Waals surface area contributed by atoms with Gasteiger partial charge in [0.1, 0.15) is 10.7 Å². The Hall–Kier alpha value is -2.13. The Morgan fingerprint density at radius 3 is 2.69 bits per heavy atom. The van der Waals surface area contributed by atoms with Gasteiger partial charge >= 0.3 is 0 Å². The summed E-state index contributed by atoms with van der Waals surface area (Å²) in [4.78, 5) is 14.9. The van der Waals surface area contributed by atoms with Crippen LogP contribution in [0.15, 0.2) is 51.8 Å². The number of amidine groups is 1. The van der Waals surface area contributed by atoms with Crippen LogP contribution in [0.3, 0.4) is 0 Å². The molecule has 152 valence electrons. The molecule has 1 fully saturated rings. The van der Waals surface area contributed by atoms with E-state index in [1.54, 1.807) is 36.4 Å². The topological polar surface area (TPSA) is 90.9 Å². The largest absolute Gasteiger partial charge is 0.341 e. The molecule has 0 bridgehead atoms. The lowest BCUT2D eigenvalue weighted by Gasteiger charge is -2.26. The summed E-state index contributed by atoms with van der Waals surface area (Å²) in [6, 6.07) is 11.1. The number of hydrogen-bond donors (Lipinski definition) is 2. The van der Waals surface area contributed by atoms with Crippen molar-refractivity contribution in [2.24, 2.45) is 4.40 Å². The van der Waals surface area contributed by atoms with Crippen LogP contribution in [-0.2, 0) is 14.8 Å². The Bertz CT molecular complexity index is 1080. The predicted molar refractivity (Wildman–Crippen MR) is 114 cm³/mol. The zero-order chi connectivity index (χ0) is 20.6. The molecule has 2 aliphatic rings. The molecule has 10 heteroatoms. The van der Waals surface area contributed by atoms with Crippen LogP contribution in [0.1, 0.15) is 12.8 Å². The summed E-state index contributed by atoms with van der Waals surface area (Å²) in [5.74, 6) is 0.106. The maximum atomic E-state index is 12.8. The maximum Gasteiger partial charge on any atom is 0.286 e. The van der Waals surface area contributed by atoms with Gasteiger partial charge in [-0.3, -0.25) is 9.69 Å². The van der Waals surface area contributed by atoms with Crippen LogP contribution in [0.2, 0.25) is 10.0 Å². The number of sulfonamides is 1. The fourth-order valence-electron chi connectivity index (χ4n) is 3.59. The summed E-state index contributed by atoms with van der Waals surface area (Å²) in [5.41, 5.74) is 1.01. The van der Waals surface area contributed by atoms with Gasteiger partial charge in [0, 0.05) is 15.7 Å². The zero-order valence-electron chi connectivity index (χ0n) is 15.2. The minimum atomic E-state index is -3.76. The number of fused-ring (bicyclic) bond motifs is 1. The van der Waals surface area contributed by atoms with Crippen molar-refractivity contribution in [1.29, 1.82) is 0 Å². The molecule has 29 heavy (non-hydrogen) atoms. The fourth-order valence-corrected chi connectivity index (χ4v) is 5.26. The lowest BCUT2D eigenvalue weighted by molar-refractivity contribution is -0.120. The number of carbonyl (C=O) groups excluding carboxylic acids is 1. The highest BCUT2D eigenvalue weighted by molar-refractivity contribution is 7.90. The number of rotatable bonds is 4. The lowest BCUT2D eigenvalue weighted by atomic mass is 10.2. The average molecular weight is 453 g/mol. The molecular formula is C19H18Cl2N4O3S. The number of anilines is 2. The van der Waals surface area contributed by atoms with Crippen molar-refractivity contribution < 1.29 is 13.2 Å². The van der Waals surface area contributed by atoms with Crippen molar-refractivity contribution in [3.63, 3.8) is 0 Å². The third-order valence-electron chi connectivity index (χ3n) is 4.82.